The van der Waals surface area contributed by atoms with Gasteiger partial charge in [0.1, 0.15) is 0 Å². The molecule has 0 heterocycles. The Balaban J connectivity index is 2.28. The quantitative estimate of drug-likeness (QED) is 0.897. The Morgan fingerprint density at radius 1 is 1.14 bits per heavy atom. The van der Waals surface area contributed by atoms with E-state index >= 15 is 0 Å². The summed E-state index contributed by atoms with van der Waals surface area (Å²) in [7, 11) is -2.28. The van der Waals surface area contributed by atoms with E-state index in [1.807, 2.05) is 6.07 Å². The van der Waals surface area contributed by atoms with E-state index in [2.05, 4.69) is 10.0 Å². The van der Waals surface area contributed by atoms with E-state index in [0.717, 1.165) is 0 Å². The molecule has 22 heavy (non-hydrogen) atoms. The minimum Gasteiger partial charge on any atom is -0.355 e. The maximum atomic E-state index is 12.3. The maximum absolute atomic E-state index is 12.3. The summed E-state index contributed by atoms with van der Waals surface area (Å²) < 4.78 is 26.9. The van der Waals surface area contributed by atoms with Crippen molar-refractivity contribution in [3.8, 4) is 6.07 Å². The lowest BCUT2D eigenvalue weighted by atomic mass is 10.2. The van der Waals surface area contributed by atoms with Crippen LogP contribution in [0.25, 0.3) is 0 Å². The predicted molar refractivity (Wildman–Crippen MR) is 81.8 cm³/mol. The second-order valence-electron chi connectivity index (χ2n) is 4.40. The van der Waals surface area contributed by atoms with Gasteiger partial charge >= 0.3 is 0 Å². The summed E-state index contributed by atoms with van der Waals surface area (Å²) in [5, 5.41) is 11.2. The summed E-state index contributed by atoms with van der Waals surface area (Å²) in [5.41, 5.74) is 1.01. The Labute approximate surface area is 128 Å². The lowest BCUT2D eigenvalue weighted by Crippen LogP contribution is -2.18. The number of hydrogen-bond donors (Lipinski definition) is 2. The number of carbonyl (C=O) groups is 1. The smallest absolute Gasteiger partial charge is 0.261 e. The molecule has 0 saturated heterocycles. The van der Waals surface area contributed by atoms with Crippen LogP contribution >= 0.6 is 0 Å². The number of nitrogens with zero attached hydrogens (tertiary/aromatic N) is 1. The van der Waals surface area contributed by atoms with Gasteiger partial charge in [-0.15, -0.1) is 0 Å². The van der Waals surface area contributed by atoms with Crippen LogP contribution in [0.5, 0.6) is 0 Å². The average Bonchev–Trinajstić information content (AvgIpc) is 2.54. The Kier molecular flexibility index (Phi) is 4.44. The van der Waals surface area contributed by atoms with Gasteiger partial charge in [-0.25, -0.2) is 8.42 Å². The first-order valence-corrected chi connectivity index (χ1v) is 7.80. The van der Waals surface area contributed by atoms with E-state index < -0.39 is 10.0 Å². The fourth-order valence-corrected chi connectivity index (χ4v) is 2.84. The van der Waals surface area contributed by atoms with Gasteiger partial charge in [-0.05, 0) is 42.5 Å². The number of amides is 1. The lowest BCUT2D eigenvalue weighted by Gasteiger charge is -2.09. The largest absolute Gasteiger partial charge is 0.355 e. The molecule has 0 bridgehead atoms. The van der Waals surface area contributed by atoms with E-state index in [1.165, 1.54) is 37.4 Å². The molecule has 2 aromatic carbocycles. The van der Waals surface area contributed by atoms with Crippen LogP contribution in [0.1, 0.15) is 15.9 Å². The number of hydrogen-bond acceptors (Lipinski definition) is 4. The van der Waals surface area contributed by atoms with Crippen molar-refractivity contribution in [2.75, 3.05) is 11.8 Å². The molecule has 0 aliphatic heterocycles. The number of sulfonamides is 1. The molecule has 0 aliphatic rings. The van der Waals surface area contributed by atoms with Crippen molar-refractivity contribution in [2.24, 2.45) is 0 Å². The highest BCUT2D eigenvalue weighted by Gasteiger charge is 2.15. The van der Waals surface area contributed by atoms with E-state index in [9.17, 15) is 13.2 Å². The molecule has 2 rings (SSSR count). The van der Waals surface area contributed by atoms with Crippen LogP contribution in [0.2, 0.25) is 0 Å². The molecule has 0 aromatic heterocycles. The summed E-state index contributed by atoms with van der Waals surface area (Å²) in [4.78, 5) is 11.6. The monoisotopic (exact) mass is 315 g/mol. The summed E-state index contributed by atoms with van der Waals surface area (Å²) in [6, 6.07) is 13.6. The molecule has 0 fully saturated rings. The van der Waals surface area contributed by atoms with Crippen LogP contribution in [0.4, 0.5) is 5.69 Å². The molecule has 6 nitrogen and oxygen atoms in total. The normalized spacial score (nSPS) is 10.5. The minimum atomic E-state index is -3.78. The van der Waals surface area contributed by atoms with Gasteiger partial charge in [0.2, 0.25) is 0 Å². The third-order valence-electron chi connectivity index (χ3n) is 2.90. The van der Waals surface area contributed by atoms with Crippen LogP contribution < -0.4 is 10.0 Å². The molecule has 7 heteroatoms. The topological polar surface area (TPSA) is 99.1 Å². The molecule has 0 atom stereocenters. The first kappa shape index (κ1) is 15.5. The summed E-state index contributed by atoms with van der Waals surface area (Å²) in [6.07, 6.45) is 0. The van der Waals surface area contributed by atoms with Crippen molar-refractivity contribution in [2.45, 2.75) is 4.90 Å². The van der Waals surface area contributed by atoms with Gasteiger partial charge < -0.3 is 5.32 Å². The van der Waals surface area contributed by atoms with Gasteiger partial charge in [-0.2, -0.15) is 5.26 Å². The Morgan fingerprint density at radius 3 is 2.41 bits per heavy atom. The van der Waals surface area contributed by atoms with Gasteiger partial charge in [0, 0.05) is 18.3 Å². The SMILES string of the molecule is CNC(=O)c1cccc(NS(=O)(=O)c2ccc(C#N)cc2)c1. The Hall–Kier alpha value is -2.85. The van der Waals surface area contributed by atoms with E-state index in [1.54, 1.807) is 18.2 Å². The highest BCUT2D eigenvalue weighted by molar-refractivity contribution is 7.92. The van der Waals surface area contributed by atoms with Crippen LogP contribution in [0.3, 0.4) is 0 Å². The number of nitrogens with one attached hydrogen (secondary N) is 2. The summed E-state index contributed by atoms with van der Waals surface area (Å²) in [6.45, 7) is 0. The van der Waals surface area contributed by atoms with Crippen LogP contribution in [0.15, 0.2) is 53.4 Å². The van der Waals surface area contributed by atoms with E-state index in [-0.39, 0.29) is 16.5 Å². The fourth-order valence-electron chi connectivity index (χ4n) is 1.79. The average molecular weight is 315 g/mol. The first-order chi connectivity index (χ1) is 10.5. The Morgan fingerprint density at radius 2 is 1.82 bits per heavy atom. The van der Waals surface area contributed by atoms with E-state index in [4.69, 9.17) is 5.26 Å². The molecular formula is C15H13N3O3S. The van der Waals surface area contributed by atoms with Gasteiger partial charge in [0.05, 0.1) is 16.5 Å². The summed E-state index contributed by atoms with van der Waals surface area (Å²) in [5.74, 6) is -0.306. The van der Waals surface area contributed by atoms with Crippen molar-refractivity contribution >= 4 is 21.6 Å². The van der Waals surface area contributed by atoms with Gasteiger partial charge in [-0.3, -0.25) is 9.52 Å². The zero-order valence-corrected chi connectivity index (χ0v) is 12.5. The molecule has 2 aromatic rings. The van der Waals surface area contributed by atoms with Crippen molar-refractivity contribution in [1.82, 2.24) is 5.32 Å². The number of nitriles is 1. The predicted octanol–water partition coefficient (Wildman–Crippen LogP) is 1.72. The fraction of sp³-hybridized carbons (Fsp3) is 0.0667. The standard InChI is InChI=1S/C15H13N3O3S/c1-17-15(19)12-3-2-4-13(9-12)18-22(20,21)14-7-5-11(10-16)6-8-14/h2-9,18H,1H3,(H,17,19). The zero-order chi connectivity index (χ0) is 16.2. The highest BCUT2D eigenvalue weighted by Crippen LogP contribution is 2.17. The third-order valence-corrected chi connectivity index (χ3v) is 4.29. The molecule has 0 saturated carbocycles. The first-order valence-electron chi connectivity index (χ1n) is 6.31. The van der Waals surface area contributed by atoms with Crippen LogP contribution in [0, 0.1) is 11.3 Å². The van der Waals surface area contributed by atoms with Gasteiger partial charge in [0.15, 0.2) is 0 Å². The number of rotatable bonds is 4. The Bertz CT molecular complexity index is 837. The van der Waals surface area contributed by atoms with Gasteiger partial charge in [0.25, 0.3) is 15.9 Å². The zero-order valence-electron chi connectivity index (χ0n) is 11.7. The van der Waals surface area contributed by atoms with E-state index in [0.29, 0.717) is 11.1 Å². The molecule has 0 unspecified atom stereocenters. The van der Waals surface area contributed by atoms with Crippen molar-refractivity contribution in [3.63, 3.8) is 0 Å². The maximum Gasteiger partial charge on any atom is 0.261 e. The molecular weight excluding hydrogens is 302 g/mol. The number of carbonyl (C=O) groups excluding carboxylic acids is 1. The molecule has 1 amide bonds. The number of benzene rings is 2. The number of anilines is 1. The molecule has 0 aliphatic carbocycles. The third kappa shape index (κ3) is 3.42. The molecule has 112 valence electrons. The summed E-state index contributed by atoms with van der Waals surface area (Å²) >= 11 is 0. The lowest BCUT2D eigenvalue weighted by molar-refractivity contribution is 0.0963. The highest BCUT2D eigenvalue weighted by atomic mass is 32.2. The van der Waals surface area contributed by atoms with Crippen LogP contribution in [-0.2, 0) is 10.0 Å². The second kappa shape index (κ2) is 6.28. The van der Waals surface area contributed by atoms with Gasteiger partial charge in [-0.1, -0.05) is 6.07 Å². The minimum absolute atomic E-state index is 0.0387. The van der Waals surface area contributed by atoms with Crippen LogP contribution in [-0.4, -0.2) is 21.4 Å². The van der Waals surface area contributed by atoms with Crippen molar-refractivity contribution in [3.05, 3.63) is 59.7 Å². The molecule has 0 radical (unpaired) electrons. The molecule has 2 N–H and O–H groups in total. The van der Waals surface area contributed by atoms with Crippen molar-refractivity contribution in [1.29, 1.82) is 5.26 Å². The molecule has 0 spiro atoms. The second-order valence-corrected chi connectivity index (χ2v) is 6.08. The van der Waals surface area contributed by atoms with Crippen molar-refractivity contribution < 1.29 is 13.2 Å².